The number of anilines is 1. The number of hydrogen-bond donors (Lipinski definition) is 0. The second-order valence-electron chi connectivity index (χ2n) is 5.66. The molecule has 1 aliphatic heterocycles. The van der Waals surface area contributed by atoms with E-state index in [1.165, 1.54) is 37.2 Å². The van der Waals surface area contributed by atoms with Crippen LogP contribution in [0.15, 0.2) is 47.5 Å². The van der Waals surface area contributed by atoms with Gasteiger partial charge in [-0.15, -0.1) is 0 Å². The third-order valence-electron chi connectivity index (χ3n) is 4.03. The van der Waals surface area contributed by atoms with E-state index in [0.717, 1.165) is 11.3 Å². The molecule has 0 aromatic heterocycles. The molecule has 0 N–H and O–H groups in total. The van der Waals surface area contributed by atoms with Gasteiger partial charge in [0.2, 0.25) is 0 Å². The van der Waals surface area contributed by atoms with Crippen LogP contribution in [0.25, 0.3) is 0 Å². The van der Waals surface area contributed by atoms with Gasteiger partial charge in [-0.05, 0) is 67.3 Å². The Labute approximate surface area is 131 Å². The first-order valence-electron chi connectivity index (χ1n) is 7.66. The lowest BCUT2D eigenvalue weighted by Crippen LogP contribution is -2.18. The number of benzene rings is 2. The SMILES string of the molecule is Cc1cc(C=Nc2ccc(C#N)cc2)ccc1N1CCCC1. The summed E-state index contributed by atoms with van der Waals surface area (Å²) in [6.45, 7) is 4.49. The van der Waals surface area contributed by atoms with Crippen LogP contribution in [0.3, 0.4) is 0 Å². The van der Waals surface area contributed by atoms with Crippen molar-refractivity contribution in [3.05, 3.63) is 59.2 Å². The van der Waals surface area contributed by atoms with Crippen molar-refractivity contribution in [1.82, 2.24) is 0 Å². The Kier molecular flexibility index (Phi) is 4.20. The molecule has 0 unspecified atom stereocenters. The maximum atomic E-state index is 8.79. The third kappa shape index (κ3) is 3.17. The smallest absolute Gasteiger partial charge is 0.0991 e. The summed E-state index contributed by atoms with van der Waals surface area (Å²) >= 11 is 0. The van der Waals surface area contributed by atoms with E-state index in [9.17, 15) is 0 Å². The molecule has 0 aliphatic carbocycles. The van der Waals surface area contributed by atoms with Crippen LogP contribution in [0.4, 0.5) is 11.4 Å². The quantitative estimate of drug-likeness (QED) is 0.794. The zero-order valence-corrected chi connectivity index (χ0v) is 12.8. The van der Waals surface area contributed by atoms with Gasteiger partial charge in [0.15, 0.2) is 0 Å². The van der Waals surface area contributed by atoms with Gasteiger partial charge >= 0.3 is 0 Å². The van der Waals surface area contributed by atoms with Crippen LogP contribution < -0.4 is 4.90 Å². The van der Waals surface area contributed by atoms with E-state index in [1.807, 2.05) is 18.3 Å². The van der Waals surface area contributed by atoms with Crippen LogP contribution in [-0.4, -0.2) is 19.3 Å². The van der Waals surface area contributed by atoms with Gasteiger partial charge in [-0.25, -0.2) is 0 Å². The first-order valence-corrected chi connectivity index (χ1v) is 7.66. The van der Waals surface area contributed by atoms with Crippen LogP contribution >= 0.6 is 0 Å². The minimum atomic E-state index is 0.657. The van der Waals surface area contributed by atoms with Crippen molar-refractivity contribution < 1.29 is 0 Å². The number of aryl methyl sites for hydroxylation is 1. The molecule has 1 aliphatic rings. The molecule has 0 radical (unpaired) electrons. The number of nitriles is 1. The lowest BCUT2D eigenvalue weighted by molar-refractivity contribution is 0.949. The highest BCUT2D eigenvalue weighted by atomic mass is 15.1. The topological polar surface area (TPSA) is 39.4 Å². The van der Waals surface area contributed by atoms with Crippen molar-refractivity contribution in [2.24, 2.45) is 4.99 Å². The zero-order chi connectivity index (χ0) is 15.4. The van der Waals surface area contributed by atoms with Crippen LogP contribution in [0.5, 0.6) is 0 Å². The molecule has 3 heteroatoms. The highest BCUT2D eigenvalue weighted by molar-refractivity contribution is 5.83. The standard InChI is InChI=1S/C19H19N3/c1-15-12-17(6-9-19(15)22-10-2-3-11-22)14-21-18-7-4-16(13-20)5-8-18/h4-9,12,14H,2-3,10-11H2,1H3. The van der Waals surface area contributed by atoms with Crippen molar-refractivity contribution in [2.75, 3.05) is 18.0 Å². The molecule has 1 fully saturated rings. The van der Waals surface area contributed by atoms with Crippen molar-refractivity contribution in [1.29, 1.82) is 5.26 Å². The largest absolute Gasteiger partial charge is 0.371 e. The minimum Gasteiger partial charge on any atom is -0.371 e. The summed E-state index contributed by atoms with van der Waals surface area (Å²) in [6.07, 6.45) is 4.46. The molecule has 22 heavy (non-hydrogen) atoms. The summed E-state index contributed by atoms with van der Waals surface area (Å²) in [6, 6.07) is 15.9. The molecule has 0 amide bonds. The summed E-state index contributed by atoms with van der Waals surface area (Å²) in [4.78, 5) is 6.93. The molecule has 1 heterocycles. The third-order valence-corrected chi connectivity index (χ3v) is 4.03. The maximum Gasteiger partial charge on any atom is 0.0991 e. The Morgan fingerprint density at radius 1 is 1.09 bits per heavy atom. The monoisotopic (exact) mass is 289 g/mol. The fraction of sp³-hybridized carbons (Fsp3) is 0.263. The van der Waals surface area contributed by atoms with Gasteiger partial charge in [0.05, 0.1) is 17.3 Å². The normalized spacial score (nSPS) is 14.5. The zero-order valence-electron chi connectivity index (χ0n) is 12.8. The molecule has 0 saturated carbocycles. The van der Waals surface area contributed by atoms with Crippen molar-refractivity contribution >= 4 is 17.6 Å². The average Bonchev–Trinajstić information content (AvgIpc) is 3.07. The Hall–Kier alpha value is -2.60. The molecule has 3 rings (SSSR count). The molecule has 2 aromatic carbocycles. The fourth-order valence-corrected chi connectivity index (χ4v) is 2.84. The fourth-order valence-electron chi connectivity index (χ4n) is 2.84. The van der Waals surface area contributed by atoms with Gasteiger partial charge in [0, 0.05) is 25.0 Å². The summed E-state index contributed by atoms with van der Waals surface area (Å²) in [7, 11) is 0. The molecular weight excluding hydrogens is 270 g/mol. The average molecular weight is 289 g/mol. The van der Waals surface area contributed by atoms with Crippen molar-refractivity contribution in [3.63, 3.8) is 0 Å². The minimum absolute atomic E-state index is 0.657. The molecule has 1 saturated heterocycles. The molecule has 3 nitrogen and oxygen atoms in total. The predicted molar refractivity (Wildman–Crippen MR) is 91.0 cm³/mol. The number of aliphatic imine (C=N–C) groups is 1. The molecular formula is C19H19N3. The van der Waals surface area contributed by atoms with E-state index in [2.05, 4.69) is 41.1 Å². The van der Waals surface area contributed by atoms with Gasteiger partial charge in [0.1, 0.15) is 0 Å². The maximum absolute atomic E-state index is 8.79. The molecule has 0 spiro atoms. The van der Waals surface area contributed by atoms with Crippen LogP contribution in [-0.2, 0) is 0 Å². The van der Waals surface area contributed by atoms with Gasteiger partial charge in [-0.1, -0.05) is 6.07 Å². The Balaban J connectivity index is 1.76. The number of nitrogens with zero attached hydrogens (tertiary/aromatic N) is 3. The Bertz CT molecular complexity index is 717. The summed E-state index contributed by atoms with van der Waals surface area (Å²) < 4.78 is 0. The van der Waals surface area contributed by atoms with Crippen molar-refractivity contribution in [2.45, 2.75) is 19.8 Å². The Morgan fingerprint density at radius 3 is 2.45 bits per heavy atom. The van der Waals surface area contributed by atoms with Gasteiger partial charge in [-0.2, -0.15) is 5.26 Å². The highest BCUT2D eigenvalue weighted by Gasteiger charge is 2.13. The predicted octanol–water partition coefficient (Wildman–Crippen LogP) is 4.22. The van der Waals surface area contributed by atoms with E-state index in [-0.39, 0.29) is 0 Å². The second-order valence-corrected chi connectivity index (χ2v) is 5.66. The van der Waals surface area contributed by atoms with Crippen LogP contribution in [0.1, 0.15) is 29.5 Å². The first kappa shape index (κ1) is 14.3. The summed E-state index contributed by atoms with van der Waals surface area (Å²) in [5, 5.41) is 8.79. The molecule has 110 valence electrons. The number of hydrogen-bond acceptors (Lipinski definition) is 3. The number of rotatable bonds is 3. The summed E-state index contributed by atoms with van der Waals surface area (Å²) in [5.74, 6) is 0. The lowest BCUT2D eigenvalue weighted by Gasteiger charge is -2.20. The van der Waals surface area contributed by atoms with E-state index < -0.39 is 0 Å². The lowest BCUT2D eigenvalue weighted by atomic mass is 10.1. The van der Waals surface area contributed by atoms with E-state index >= 15 is 0 Å². The van der Waals surface area contributed by atoms with Crippen molar-refractivity contribution in [3.8, 4) is 6.07 Å². The molecule has 2 aromatic rings. The van der Waals surface area contributed by atoms with E-state index in [0.29, 0.717) is 5.56 Å². The van der Waals surface area contributed by atoms with Crippen LogP contribution in [0, 0.1) is 18.3 Å². The van der Waals surface area contributed by atoms with Gasteiger partial charge in [-0.3, -0.25) is 4.99 Å². The van der Waals surface area contributed by atoms with E-state index in [4.69, 9.17) is 5.26 Å². The van der Waals surface area contributed by atoms with Gasteiger partial charge < -0.3 is 4.90 Å². The first-order chi connectivity index (χ1) is 10.8. The van der Waals surface area contributed by atoms with Gasteiger partial charge in [0.25, 0.3) is 0 Å². The summed E-state index contributed by atoms with van der Waals surface area (Å²) in [5.41, 5.74) is 5.26. The molecule has 0 atom stereocenters. The van der Waals surface area contributed by atoms with Crippen LogP contribution in [0.2, 0.25) is 0 Å². The second kappa shape index (κ2) is 6.44. The van der Waals surface area contributed by atoms with E-state index in [1.54, 1.807) is 12.1 Å². The highest BCUT2D eigenvalue weighted by Crippen LogP contribution is 2.24. The Morgan fingerprint density at radius 2 is 1.82 bits per heavy atom. The molecule has 0 bridgehead atoms.